The molecule has 0 unspecified atom stereocenters. The zero-order chi connectivity index (χ0) is 28.4. The molecule has 0 aromatic heterocycles. The van der Waals surface area contributed by atoms with E-state index in [0.717, 1.165) is 39.8 Å². The van der Waals surface area contributed by atoms with Crippen molar-refractivity contribution >= 4 is 23.2 Å². The lowest BCUT2D eigenvalue weighted by molar-refractivity contribution is 0.466. The normalized spacial score (nSPS) is 11.2. The largest absolute Gasteiger partial charge is 0.507 e. The van der Waals surface area contributed by atoms with Crippen LogP contribution in [-0.4, -0.2) is 20.4 Å². The van der Waals surface area contributed by atoms with Crippen molar-refractivity contribution in [2.75, 3.05) is 0 Å². The minimum Gasteiger partial charge on any atom is -0.507 e. The zero-order valence-corrected chi connectivity index (χ0v) is 24.0. The SMILES string of the molecule is CC(C)(c1ccc(O)c(Cl)c1)c1ccc(O)c(Cl)c1.Cc1cc(Cc2cc(C)c(O)c(C)c2)cc(C)c1O. The summed E-state index contributed by atoms with van der Waals surface area (Å²) in [5.74, 6) is 0.874. The van der Waals surface area contributed by atoms with E-state index in [1.54, 1.807) is 24.3 Å². The molecule has 4 aromatic rings. The summed E-state index contributed by atoms with van der Waals surface area (Å²) < 4.78 is 0. The number of phenols is 4. The topological polar surface area (TPSA) is 80.9 Å². The predicted octanol–water partition coefficient (Wildman–Crippen LogP) is 8.65. The molecule has 6 heteroatoms. The molecule has 4 rings (SSSR count). The van der Waals surface area contributed by atoms with E-state index in [1.807, 2.05) is 77.9 Å². The molecular weight excluding hydrogens is 519 g/mol. The van der Waals surface area contributed by atoms with Gasteiger partial charge in [-0.25, -0.2) is 0 Å². The van der Waals surface area contributed by atoms with Crippen molar-refractivity contribution in [2.45, 2.75) is 53.4 Å². The highest BCUT2D eigenvalue weighted by atomic mass is 35.5. The standard InChI is InChI=1S/C17H20O2.C15H14Cl2O2/c1-10-5-14(6-11(2)16(10)18)9-15-7-12(3)17(19)13(4)8-15;1-15(2,9-3-5-13(18)11(16)7-9)10-4-6-14(19)12(17)8-10/h5-8,18-19H,9H2,1-4H3;3-8,18-19H,1-2H3. The number of hydrogen-bond donors (Lipinski definition) is 4. The van der Waals surface area contributed by atoms with Crippen LogP contribution < -0.4 is 0 Å². The first-order valence-corrected chi connectivity index (χ1v) is 13.0. The third kappa shape index (κ3) is 6.56. The summed E-state index contributed by atoms with van der Waals surface area (Å²) in [6, 6.07) is 18.3. The number of hydrogen-bond acceptors (Lipinski definition) is 4. The first-order valence-electron chi connectivity index (χ1n) is 12.3. The molecule has 0 atom stereocenters. The van der Waals surface area contributed by atoms with E-state index in [-0.39, 0.29) is 16.9 Å². The lowest BCUT2D eigenvalue weighted by atomic mass is 9.78. The fraction of sp³-hybridized carbons (Fsp3) is 0.250. The van der Waals surface area contributed by atoms with Crippen molar-refractivity contribution in [2.24, 2.45) is 0 Å². The highest BCUT2D eigenvalue weighted by Gasteiger charge is 2.24. The lowest BCUT2D eigenvalue weighted by Gasteiger charge is -2.26. The quantitative estimate of drug-likeness (QED) is 0.204. The summed E-state index contributed by atoms with van der Waals surface area (Å²) >= 11 is 11.9. The minimum absolute atomic E-state index is 0.0601. The smallest absolute Gasteiger partial charge is 0.134 e. The van der Waals surface area contributed by atoms with Gasteiger partial charge in [-0.1, -0.05) is 73.4 Å². The van der Waals surface area contributed by atoms with E-state index in [4.69, 9.17) is 23.2 Å². The highest BCUT2D eigenvalue weighted by molar-refractivity contribution is 6.32. The van der Waals surface area contributed by atoms with Gasteiger partial charge in [-0.2, -0.15) is 0 Å². The van der Waals surface area contributed by atoms with Crippen molar-refractivity contribution in [3.05, 3.63) is 115 Å². The molecule has 4 aromatic carbocycles. The van der Waals surface area contributed by atoms with E-state index in [0.29, 0.717) is 21.5 Å². The van der Waals surface area contributed by atoms with Gasteiger partial charge >= 0.3 is 0 Å². The van der Waals surface area contributed by atoms with Gasteiger partial charge in [-0.3, -0.25) is 0 Å². The van der Waals surface area contributed by atoms with E-state index in [2.05, 4.69) is 0 Å². The van der Waals surface area contributed by atoms with Gasteiger partial charge < -0.3 is 20.4 Å². The number of benzene rings is 4. The Morgan fingerprint density at radius 2 is 0.868 bits per heavy atom. The lowest BCUT2D eigenvalue weighted by Crippen LogP contribution is -2.18. The average molecular weight is 554 g/mol. The van der Waals surface area contributed by atoms with Crippen LogP contribution in [-0.2, 0) is 11.8 Å². The molecule has 0 saturated carbocycles. The second-order valence-corrected chi connectivity index (χ2v) is 11.1. The molecule has 0 radical (unpaired) electrons. The van der Waals surface area contributed by atoms with Gasteiger partial charge in [0, 0.05) is 5.41 Å². The number of aryl methyl sites for hydroxylation is 4. The zero-order valence-electron chi connectivity index (χ0n) is 22.5. The number of phenolic OH excluding ortho intramolecular Hbond substituents is 4. The van der Waals surface area contributed by atoms with Gasteiger partial charge in [0.15, 0.2) is 0 Å². The van der Waals surface area contributed by atoms with Crippen LogP contribution in [0, 0.1) is 27.7 Å². The summed E-state index contributed by atoms with van der Waals surface area (Å²) in [6.45, 7) is 11.7. The third-order valence-corrected chi connectivity index (χ3v) is 7.45. The van der Waals surface area contributed by atoms with Crippen LogP contribution in [0.4, 0.5) is 0 Å². The van der Waals surface area contributed by atoms with E-state index >= 15 is 0 Å². The molecule has 0 aliphatic carbocycles. The van der Waals surface area contributed by atoms with Crippen molar-refractivity contribution in [1.82, 2.24) is 0 Å². The molecule has 0 aliphatic rings. The van der Waals surface area contributed by atoms with Crippen LogP contribution in [0.25, 0.3) is 0 Å². The maximum absolute atomic E-state index is 9.79. The highest BCUT2D eigenvalue weighted by Crippen LogP contribution is 2.38. The summed E-state index contributed by atoms with van der Waals surface area (Å²) in [5, 5.41) is 39.2. The van der Waals surface area contributed by atoms with E-state index in [1.165, 1.54) is 11.1 Å². The van der Waals surface area contributed by atoms with Crippen LogP contribution >= 0.6 is 23.2 Å². The average Bonchev–Trinajstić information content (AvgIpc) is 2.84. The maximum atomic E-state index is 9.79. The summed E-state index contributed by atoms with van der Waals surface area (Å²) in [4.78, 5) is 0. The van der Waals surface area contributed by atoms with Crippen LogP contribution in [0.15, 0.2) is 60.7 Å². The van der Waals surface area contributed by atoms with Gasteiger partial charge in [0.25, 0.3) is 0 Å². The van der Waals surface area contributed by atoms with Crippen molar-refractivity contribution < 1.29 is 20.4 Å². The Labute approximate surface area is 234 Å². The van der Waals surface area contributed by atoms with Crippen LogP contribution in [0.2, 0.25) is 10.0 Å². The van der Waals surface area contributed by atoms with Crippen LogP contribution in [0.3, 0.4) is 0 Å². The Hall–Kier alpha value is -3.34. The maximum Gasteiger partial charge on any atom is 0.134 e. The summed E-state index contributed by atoms with van der Waals surface area (Å²) in [7, 11) is 0. The molecule has 0 spiro atoms. The van der Waals surface area contributed by atoms with Gasteiger partial charge in [0.05, 0.1) is 10.0 Å². The first-order chi connectivity index (χ1) is 17.7. The second-order valence-electron chi connectivity index (χ2n) is 10.3. The fourth-order valence-electron chi connectivity index (χ4n) is 4.49. The molecule has 4 nitrogen and oxygen atoms in total. The Morgan fingerprint density at radius 1 is 0.553 bits per heavy atom. The second kappa shape index (κ2) is 11.6. The molecule has 0 bridgehead atoms. The molecule has 0 fully saturated rings. The number of halogens is 2. The van der Waals surface area contributed by atoms with Crippen molar-refractivity contribution in [3.8, 4) is 23.0 Å². The van der Waals surface area contributed by atoms with E-state index in [9.17, 15) is 20.4 Å². The van der Waals surface area contributed by atoms with Gasteiger partial charge in [-0.05, 0) is 103 Å². The Morgan fingerprint density at radius 3 is 1.16 bits per heavy atom. The van der Waals surface area contributed by atoms with Crippen LogP contribution in [0.5, 0.6) is 23.0 Å². The first kappa shape index (κ1) is 29.2. The molecule has 200 valence electrons. The van der Waals surface area contributed by atoms with Gasteiger partial charge in [0.2, 0.25) is 0 Å². The monoisotopic (exact) mass is 552 g/mol. The van der Waals surface area contributed by atoms with Gasteiger partial charge in [0.1, 0.15) is 23.0 Å². The van der Waals surface area contributed by atoms with E-state index < -0.39 is 0 Å². The third-order valence-electron chi connectivity index (χ3n) is 6.85. The predicted molar refractivity (Wildman–Crippen MR) is 156 cm³/mol. The Balaban J connectivity index is 0.000000211. The van der Waals surface area contributed by atoms with Gasteiger partial charge in [-0.15, -0.1) is 0 Å². The minimum atomic E-state index is -0.339. The Kier molecular flexibility index (Phi) is 8.91. The summed E-state index contributed by atoms with van der Waals surface area (Å²) in [5.41, 5.74) is 7.55. The van der Waals surface area contributed by atoms with Crippen molar-refractivity contribution in [3.63, 3.8) is 0 Å². The molecule has 0 saturated heterocycles. The molecule has 4 N–H and O–H groups in total. The van der Waals surface area contributed by atoms with Crippen molar-refractivity contribution in [1.29, 1.82) is 0 Å². The molecule has 0 aliphatic heterocycles. The molecular formula is C32H34Cl2O4. The number of rotatable bonds is 4. The number of aromatic hydroxyl groups is 4. The molecule has 38 heavy (non-hydrogen) atoms. The van der Waals surface area contributed by atoms with Crippen LogP contribution in [0.1, 0.15) is 58.4 Å². The molecule has 0 amide bonds. The Bertz CT molecular complexity index is 1320. The molecule has 0 heterocycles. The fourth-order valence-corrected chi connectivity index (χ4v) is 4.85. The summed E-state index contributed by atoms with van der Waals surface area (Å²) in [6.07, 6.45) is 0.809.